The molecule has 31 heavy (non-hydrogen) atoms. The minimum Gasteiger partial charge on any atom is -0.441 e. The van der Waals surface area contributed by atoms with Crippen molar-refractivity contribution in [2.24, 2.45) is 0 Å². The lowest BCUT2D eigenvalue weighted by Gasteiger charge is -2.26. The van der Waals surface area contributed by atoms with Gasteiger partial charge in [-0.15, -0.1) is 0 Å². The van der Waals surface area contributed by atoms with Crippen LogP contribution in [0.3, 0.4) is 0 Å². The molecule has 3 aromatic rings. The molecule has 1 aromatic heterocycles. The van der Waals surface area contributed by atoms with Gasteiger partial charge < -0.3 is 9.32 Å². The Labute approximate surface area is 182 Å². The molecule has 4 rings (SSSR count). The fraction of sp³-hybridized carbons (Fsp3) is 0.250. The summed E-state index contributed by atoms with van der Waals surface area (Å²) in [7, 11) is -3.01. The zero-order chi connectivity index (χ0) is 21.7. The van der Waals surface area contributed by atoms with Gasteiger partial charge in [0.2, 0.25) is 11.8 Å². The van der Waals surface area contributed by atoms with E-state index in [0.29, 0.717) is 18.1 Å². The Kier molecular flexibility index (Phi) is 6.32. The van der Waals surface area contributed by atoms with E-state index in [-0.39, 0.29) is 36.9 Å². The Morgan fingerprint density at radius 2 is 1.61 bits per heavy atom. The summed E-state index contributed by atoms with van der Waals surface area (Å²) in [5.41, 5.74) is 2.69. The molecule has 2 heterocycles. The first-order valence-electron chi connectivity index (χ1n) is 10.3. The van der Waals surface area contributed by atoms with Gasteiger partial charge in [0, 0.05) is 37.6 Å². The normalized spacial score (nSPS) is 15.9. The van der Waals surface area contributed by atoms with Gasteiger partial charge in [0.1, 0.15) is 11.5 Å². The summed E-state index contributed by atoms with van der Waals surface area (Å²) in [4.78, 5) is 18.9. The van der Waals surface area contributed by atoms with Crippen molar-refractivity contribution in [3.05, 3.63) is 77.9 Å². The molecular formula is C24H24N2O4S. The fourth-order valence-electron chi connectivity index (χ4n) is 3.50. The molecule has 1 aliphatic heterocycles. The van der Waals surface area contributed by atoms with Crippen molar-refractivity contribution < 1.29 is 17.6 Å². The summed E-state index contributed by atoms with van der Waals surface area (Å²) in [5.74, 6) is 1.13. The maximum Gasteiger partial charge on any atom is 0.223 e. The number of nitrogens with zero attached hydrogens (tertiary/aromatic N) is 2. The Balaban J connectivity index is 1.51. The topological polar surface area (TPSA) is 80.5 Å². The van der Waals surface area contributed by atoms with Crippen LogP contribution in [-0.4, -0.2) is 48.8 Å². The van der Waals surface area contributed by atoms with Crippen molar-refractivity contribution >= 4 is 27.9 Å². The number of carbonyl (C=O) groups is 1. The van der Waals surface area contributed by atoms with Crippen LogP contribution >= 0.6 is 0 Å². The van der Waals surface area contributed by atoms with E-state index in [1.165, 1.54) is 0 Å². The standard InChI is InChI=1S/C24H24N2O4S/c27-23(26-15-17-31(28,29)18-16-26)14-12-21-24(20-9-5-2-6-10-20)25-22(30-21)13-11-19-7-3-1-4-8-19/h1-11,13H,12,14-18H2/b13-11+. The first-order chi connectivity index (χ1) is 15.0. The zero-order valence-corrected chi connectivity index (χ0v) is 17.9. The van der Waals surface area contributed by atoms with E-state index in [0.717, 1.165) is 16.8 Å². The van der Waals surface area contributed by atoms with Crippen LogP contribution in [0.25, 0.3) is 23.4 Å². The lowest BCUT2D eigenvalue weighted by molar-refractivity contribution is -0.130. The molecule has 0 aliphatic carbocycles. The molecule has 0 N–H and O–H groups in total. The second kappa shape index (κ2) is 9.31. The van der Waals surface area contributed by atoms with Crippen LogP contribution < -0.4 is 0 Å². The van der Waals surface area contributed by atoms with Gasteiger partial charge >= 0.3 is 0 Å². The molecule has 0 saturated carbocycles. The Bertz CT molecular complexity index is 1150. The van der Waals surface area contributed by atoms with Gasteiger partial charge in [0.05, 0.1) is 11.5 Å². The molecule has 0 atom stereocenters. The third kappa shape index (κ3) is 5.49. The van der Waals surface area contributed by atoms with Crippen LogP contribution in [0.5, 0.6) is 0 Å². The number of hydrogen-bond acceptors (Lipinski definition) is 5. The van der Waals surface area contributed by atoms with Crippen molar-refractivity contribution in [2.45, 2.75) is 12.8 Å². The van der Waals surface area contributed by atoms with E-state index in [4.69, 9.17) is 4.42 Å². The highest BCUT2D eigenvalue weighted by atomic mass is 32.2. The first kappa shape index (κ1) is 21.1. The number of oxazole rings is 1. The quantitative estimate of drug-likeness (QED) is 0.589. The maximum atomic E-state index is 12.6. The highest BCUT2D eigenvalue weighted by molar-refractivity contribution is 7.91. The highest BCUT2D eigenvalue weighted by Crippen LogP contribution is 2.26. The molecule has 1 saturated heterocycles. The minimum atomic E-state index is -3.01. The number of benzene rings is 2. The summed E-state index contributed by atoms with van der Waals surface area (Å²) >= 11 is 0. The third-order valence-electron chi connectivity index (χ3n) is 5.24. The first-order valence-corrected chi connectivity index (χ1v) is 12.1. The Morgan fingerprint density at radius 3 is 2.29 bits per heavy atom. The van der Waals surface area contributed by atoms with Crippen LogP contribution in [0.4, 0.5) is 0 Å². The van der Waals surface area contributed by atoms with E-state index in [2.05, 4.69) is 4.98 Å². The fourth-order valence-corrected chi connectivity index (χ4v) is 4.71. The number of aryl methyl sites for hydroxylation is 1. The molecule has 1 fully saturated rings. The van der Waals surface area contributed by atoms with Gasteiger partial charge in [0.15, 0.2) is 9.84 Å². The number of hydrogen-bond donors (Lipinski definition) is 0. The summed E-state index contributed by atoms with van der Waals surface area (Å²) in [6.07, 6.45) is 4.40. The predicted molar refractivity (Wildman–Crippen MR) is 121 cm³/mol. The minimum absolute atomic E-state index is 0.0325. The number of aromatic nitrogens is 1. The van der Waals surface area contributed by atoms with Gasteiger partial charge in [-0.05, 0) is 11.6 Å². The van der Waals surface area contributed by atoms with Gasteiger partial charge in [-0.2, -0.15) is 0 Å². The summed E-state index contributed by atoms with van der Waals surface area (Å²) in [6.45, 7) is 0.516. The summed E-state index contributed by atoms with van der Waals surface area (Å²) < 4.78 is 29.2. The van der Waals surface area contributed by atoms with Gasteiger partial charge in [-0.3, -0.25) is 4.79 Å². The molecule has 1 aliphatic rings. The SMILES string of the molecule is O=C(CCc1oc(/C=C/c2ccccc2)nc1-c1ccccc1)N1CCS(=O)(=O)CC1. The molecule has 160 valence electrons. The summed E-state index contributed by atoms with van der Waals surface area (Å²) in [5, 5.41) is 0. The van der Waals surface area contributed by atoms with Crippen LogP contribution in [0, 0.1) is 0 Å². The zero-order valence-electron chi connectivity index (χ0n) is 17.1. The van der Waals surface area contributed by atoms with E-state index in [1.807, 2.05) is 72.8 Å². The van der Waals surface area contributed by atoms with E-state index < -0.39 is 9.84 Å². The van der Waals surface area contributed by atoms with Crippen molar-refractivity contribution in [1.29, 1.82) is 0 Å². The predicted octanol–water partition coefficient (Wildman–Crippen LogP) is 3.70. The second-order valence-corrected chi connectivity index (χ2v) is 9.77. The number of carbonyl (C=O) groups excluding carboxylic acids is 1. The van der Waals surface area contributed by atoms with Crippen molar-refractivity contribution in [3.63, 3.8) is 0 Å². The molecule has 0 radical (unpaired) electrons. The van der Waals surface area contributed by atoms with Gasteiger partial charge in [0.25, 0.3) is 0 Å². The van der Waals surface area contributed by atoms with E-state index >= 15 is 0 Å². The molecule has 6 nitrogen and oxygen atoms in total. The van der Waals surface area contributed by atoms with Crippen molar-refractivity contribution in [3.8, 4) is 11.3 Å². The van der Waals surface area contributed by atoms with Crippen molar-refractivity contribution in [1.82, 2.24) is 9.88 Å². The van der Waals surface area contributed by atoms with E-state index in [9.17, 15) is 13.2 Å². The summed E-state index contributed by atoms with van der Waals surface area (Å²) in [6, 6.07) is 19.6. The molecular weight excluding hydrogens is 412 g/mol. The smallest absolute Gasteiger partial charge is 0.223 e. The number of amides is 1. The average molecular weight is 437 g/mol. The van der Waals surface area contributed by atoms with Gasteiger partial charge in [-0.1, -0.05) is 60.7 Å². The molecule has 0 bridgehead atoms. The highest BCUT2D eigenvalue weighted by Gasteiger charge is 2.25. The van der Waals surface area contributed by atoms with Crippen LogP contribution in [0.2, 0.25) is 0 Å². The molecule has 0 spiro atoms. The van der Waals surface area contributed by atoms with Crippen LogP contribution in [0.1, 0.15) is 23.6 Å². The Morgan fingerprint density at radius 1 is 0.968 bits per heavy atom. The monoisotopic (exact) mass is 436 g/mol. The third-order valence-corrected chi connectivity index (χ3v) is 6.85. The Hall–Kier alpha value is -3.19. The molecule has 0 unspecified atom stereocenters. The largest absolute Gasteiger partial charge is 0.441 e. The number of rotatable bonds is 6. The lowest BCUT2D eigenvalue weighted by atomic mass is 10.1. The number of sulfone groups is 1. The molecule has 2 aromatic carbocycles. The average Bonchev–Trinajstić information content (AvgIpc) is 3.20. The lowest BCUT2D eigenvalue weighted by Crippen LogP contribution is -2.43. The molecule has 1 amide bonds. The maximum absolute atomic E-state index is 12.6. The van der Waals surface area contributed by atoms with Crippen LogP contribution in [0.15, 0.2) is 65.1 Å². The molecule has 7 heteroatoms. The van der Waals surface area contributed by atoms with E-state index in [1.54, 1.807) is 4.90 Å². The van der Waals surface area contributed by atoms with Crippen LogP contribution in [-0.2, 0) is 21.1 Å². The van der Waals surface area contributed by atoms with Gasteiger partial charge in [-0.25, -0.2) is 13.4 Å². The second-order valence-electron chi connectivity index (χ2n) is 7.47. The van der Waals surface area contributed by atoms with Crippen molar-refractivity contribution in [2.75, 3.05) is 24.6 Å².